The van der Waals surface area contributed by atoms with Crippen LogP contribution in [-0.2, 0) is 0 Å². The van der Waals surface area contributed by atoms with Gasteiger partial charge in [-0.15, -0.1) is 35.5 Å². The zero-order valence-electron chi connectivity index (χ0n) is 26.2. The van der Waals surface area contributed by atoms with Crippen molar-refractivity contribution in [2.75, 3.05) is 0 Å². The van der Waals surface area contributed by atoms with E-state index in [0.717, 1.165) is 45.2 Å². The zero-order chi connectivity index (χ0) is 30.4. The predicted octanol–water partition coefficient (Wildman–Crippen LogP) is 12.2. The van der Waals surface area contributed by atoms with E-state index in [4.69, 9.17) is 12.8 Å². The summed E-state index contributed by atoms with van der Waals surface area (Å²) < 4.78 is 0. The second-order valence-corrected chi connectivity index (χ2v) is 13.5. The number of ketones is 2. The summed E-state index contributed by atoms with van der Waals surface area (Å²) in [5.41, 5.74) is 1.23. The molecule has 0 aliphatic carbocycles. The molecule has 0 N–H and O–H groups in total. The molecule has 0 aromatic carbocycles. The summed E-state index contributed by atoms with van der Waals surface area (Å²) in [4.78, 5) is 28.8. The molecule has 2 rings (SSSR count). The van der Waals surface area contributed by atoms with Crippen molar-refractivity contribution in [3.8, 4) is 24.7 Å². The number of carbonyl (C=O) groups is 2. The first-order valence-corrected chi connectivity index (χ1v) is 18.1. The van der Waals surface area contributed by atoms with Gasteiger partial charge in [0.05, 0.1) is 20.9 Å². The average molecular weight is 605 g/mol. The lowest BCUT2D eigenvalue weighted by atomic mass is 10.0. The summed E-state index contributed by atoms with van der Waals surface area (Å²) in [5.74, 6) is 5.89. The van der Waals surface area contributed by atoms with Gasteiger partial charge in [-0.2, -0.15) is 0 Å². The first kappa shape index (κ1) is 35.8. The van der Waals surface area contributed by atoms with Crippen LogP contribution >= 0.6 is 22.7 Å². The Hall–Kier alpha value is -2.40. The van der Waals surface area contributed by atoms with Crippen molar-refractivity contribution < 1.29 is 9.59 Å². The van der Waals surface area contributed by atoms with Crippen LogP contribution in [0.2, 0.25) is 0 Å². The number of rotatable bonds is 24. The van der Waals surface area contributed by atoms with Gasteiger partial charge in [0, 0.05) is 22.6 Å². The van der Waals surface area contributed by atoms with E-state index in [2.05, 4.69) is 25.7 Å². The Morgan fingerprint density at radius 3 is 1.10 bits per heavy atom. The van der Waals surface area contributed by atoms with Crippen LogP contribution in [0.4, 0.5) is 0 Å². The van der Waals surface area contributed by atoms with Gasteiger partial charge < -0.3 is 0 Å². The number of hydrogen-bond donors (Lipinski definition) is 0. The molecule has 0 spiro atoms. The van der Waals surface area contributed by atoms with Gasteiger partial charge in [-0.25, -0.2) is 0 Å². The first-order chi connectivity index (χ1) is 20.5. The van der Waals surface area contributed by atoms with Gasteiger partial charge in [0.1, 0.15) is 0 Å². The molecule has 2 nitrogen and oxygen atoms in total. The zero-order valence-corrected chi connectivity index (χ0v) is 27.9. The maximum atomic E-state index is 12.8. The number of Topliss-reactive ketones (excluding diaryl/α,β-unsaturated/α-hetero) is 2. The summed E-state index contributed by atoms with van der Waals surface area (Å²) in [6, 6.07) is 7.56. The van der Waals surface area contributed by atoms with Crippen molar-refractivity contribution in [3.63, 3.8) is 0 Å². The van der Waals surface area contributed by atoms with Crippen molar-refractivity contribution in [3.05, 3.63) is 43.8 Å². The Balaban J connectivity index is 1.86. The normalized spacial score (nSPS) is 11.6. The molecule has 0 atom stereocenters. The number of allylic oxidation sites excluding steroid dienone is 2. The van der Waals surface area contributed by atoms with Crippen molar-refractivity contribution in [1.82, 2.24) is 0 Å². The number of hydrogen-bond acceptors (Lipinski definition) is 4. The van der Waals surface area contributed by atoms with Crippen LogP contribution < -0.4 is 0 Å². The smallest absolute Gasteiger partial charge is 0.172 e. The second-order valence-electron chi connectivity index (χ2n) is 11.4. The summed E-state index contributed by atoms with van der Waals surface area (Å²) in [6.07, 6.45) is 35.2. The fraction of sp³-hybridized carbons (Fsp3) is 0.579. The lowest BCUT2D eigenvalue weighted by Crippen LogP contribution is -1.95. The summed E-state index contributed by atoms with van der Waals surface area (Å²) >= 11 is 2.84. The van der Waals surface area contributed by atoms with Gasteiger partial charge in [0.25, 0.3) is 0 Å². The van der Waals surface area contributed by atoms with E-state index in [-0.39, 0.29) is 11.6 Å². The molecule has 0 unspecified atom stereocenters. The molecule has 228 valence electrons. The number of terminal acetylenes is 2. The third-order valence-electron chi connectivity index (χ3n) is 7.81. The van der Waals surface area contributed by atoms with E-state index in [9.17, 15) is 9.59 Å². The Bertz CT molecular complexity index is 1090. The van der Waals surface area contributed by atoms with E-state index < -0.39 is 0 Å². The van der Waals surface area contributed by atoms with Crippen LogP contribution in [0.5, 0.6) is 0 Å². The first-order valence-electron chi connectivity index (χ1n) is 16.5. The Morgan fingerprint density at radius 1 is 0.500 bits per heavy atom. The molecule has 0 saturated carbocycles. The van der Waals surface area contributed by atoms with Crippen LogP contribution in [0.1, 0.15) is 171 Å². The number of unbranched alkanes of at least 4 members (excludes halogenated alkanes) is 16. The minimum Gasteiger partial charge on any atom is -0.293 e. The third-order valence-corrected chi connectivity index (χ3v) is 10.1. The number of thiophene rings is 2. The van der Waals surface area contributed by atoms with Crippen LogP contribution in [0.3, 0.4) is 0 Å². The molecule has 42 heavy (non-hydrogen) atoms. The third kappa shape index (κ3) is 13.3. The van der Waals surface area contributed by atoms with Gasteiger partial charge in [0.2, 0.25) is 0 Å². The van der Waals surface area contributed by atoms with Crippen LogP contribution in [0, 0.1) is 24.7 Å². The van der Waals surface area contributed by atoms with Gasteiger partial charge in [-0.1, -0.05) is 128 Å². The summed E-state index contributed by atoms with van der Waals surface area (Å²) in [7, 11) is 0. The molecule has 0 fully saturated rings. The standard InChI is InChI=1S/C38H52O2S2/c1-5-9-11-13-15-17-19-21-23-25-33(39)37-29-27-35(41-37)31(7-3)32(8-4)36-28-30-38(42-36)34(40)26-24-22-20-18-16-14-12-10-6-2/h3-4,27-30H,5-6,9-26H2,1-2H3/b32-31+. The van der Waals surface area contributed by atoms with Crippen molar-refractivity contribution in [1.29, 1.82) is 0 Å². The average Bonchev–Trinajstić information content (AvgIpc) is 3.69. The topological polar surface area (TPSA) is 34.1 Å². The van der Waals surface area contributed by atoms with Gasteiger partial charge >= 0.3 is 0 Å². The van der Waals surface area contributed by atoms with Gasteiger partial charge in [0.15, 0.2) is 11.6 Å². The molecule has 0 aliphatic heterocycles. The van der Waals surface area contributed by atoms with Gasteiger partial charge in [-0.3, -0.25) is 9.59 Å². The van der Waals surface area contributed by atoms with Gasteiger partial charge in [-0.05, 0) is 37.1 Å². The lowest BCUT2D eigenvalue weighted by Gasteiger charge is -2.03. The van der Waals surface area contributed by atoms with E-state index >= 15 is 0 Å². The summed E-state index contributed by atoms with van der Waals surface area (Å²) in [5, 5.41) is 0. The fourth-order valence-corrected chi connectivity index (χ4v) is 7.19. The van der Waals surface area contributed by atoms with E-state index in [1.807, 2.05) is 24.3 Å². The molecule has 4 heteroatoms. The highest BCUT2D eigenvalue weighted by atomic mass is 32.1. The minimum absolute atomic E-state index is 0.174. The molecule has 0 amide bonds. The lowest BCUT2D eigenvalue weighted by molar-refractivity contribution is 0.0975. The number of carbonyl (C=O) groups excluding carboxylic acids is 2. The summed E-state index contributed by atoms with van der Waals surface area (Å²) in [6.45, 7) is 4.49. The maximum absolute atomic E-state index is 12.8. The van der Waals surface area contributed by atoms with Crippen molar-refractivity contribution >= 4 is 45.4 Å². The predicted molar refractivity (Wildman–Crippen MR) is 185 cm³/mol. The fourth-order valence-electron chi connectivity index (χ4n) is 5.22. The minimum atomic E-state index is 0.174. The van der Waals surface area contributed by atoms with Crippen molar-refractivity contribution in [2.24, 2.45) is 0 Å². The molecule has 2 heterocycles. The highest BCUT2D eigenvalue weighted by molar-refractivity contribution is 7.16. The molecular formula is C38H52O2S2. The van der Waals surface area contributed by atoms with Crippen LogP contribution in [-0.4, -0.2) is 11.6 Å². The van der Waals surface area contributed by atoms with E-state index in [1.54, 1.807) is 0 Å². The molecule has 0 aliphatic rings. The Morgan fingerprint density at radius 2 is 0.786 bits per heavy atom. The monoisotopic (exact) mass is 604 g/mol. The van der Waals surface area contributed by atoms with E-state index in [0.29, 0.717) is 24.0 Å². The highest BCUT2D eigenvalue weighted by Crippen LogP contribution is 2.34. The Labute approximate surface area is 264 Å². The molecule has 2 aromatic rings. The van der Waals surface area contributed by atoms with Crippen molar-refractivity contribution in [2.45, 2.75) is 142 Å². The SMILES string of the molecule is C#C/C(=C(/C#C)c1ccc(C(=O)CCCCCCCCCCC)s1)c1ccc(C(=O)CCCCCCCCCCC)s1. The molecule has 2 aromatic heterocycles. The van der Waals surface area contributed by atoms with E-state index in [1.165, 1.54) is 113 Å². The second kappa shape index (κ2) is 22.2. The Kier molecular flexibility index (Phi) is 18.9. The van der Waals surface area contributed by atoms with Crippen LogP contribution in [0.25, 0.3) is 11.1 Å². The largest absolute Gasteiger partial charge is 0.293 e. The quantitative estimate of drug-likeness (QED) is 0.0678. The molecule has 0 bridgehead atoms. The highest BCUT2D eigenvalue weighted by Gasteiger charge is 2.17. The van der Waals surface area contributed by atoms with Crippen LogP contribution in [0.15, 0.2) is 24.3 Å². The molecule has 0 saturated heterocycles. The molecule has 0 radical (unpaired) electrons. The maximum Gasteiger partial charge on any atom is 0.172 e. The molecular weight excluding hydrogens is 553 g/mol.